The number of halogens is 2. The topological polar surface area (TPSA) is 72.0 Å². The Morgan fingerprint density at radius 3 is 2.71 bits per heavy atom. The van der Waals surface area contributed by atoms with Gasteiger partial charge in [-0.05, 0) is 0 Å². The molecule has 1 aromatic carbocycles. The zero-order chi connectivity index (χ0) is 12.6. The van der Waals surface area contributed by atoms with Crippen molar-refractivity contribution in [2.75, 3.05) is 0 Å². The Bertz CT molecular complexity index is 658. The van der Waals surface area contributed by atoms with Crippen LogP contribution < -0.4 is 4.72 Å². The summed E-state index contributed by atoms with van der Waals surface area (Å²) < 4.78 is 47.1. The molecule has 1 aromatic heterocycles. The van der Waals surface area contributed by atoms with Gasteiger partial charge in [0.2, 0.25) is 0 Å². The van der Waals surface area contributed by atoms with Gasteiger partial charge in [-0.25, -0.2) is 0 Å². The molecule has 0 fully saturated rings. The molecule has 0 bridgehead atoms. The third-order valence-electron chi connectivity index (χ3n) is 1.94. The van der Waals surface area contributed by atoms with Crippen molar-refractivity contribution in [1.29, 1.82) is 0 Å². The van der Waals surface area contributed by atoms with Crippen molar-refractivity contribution in [3.63, 3.8) is 0 Å². The quantitative estimate of drug-likeness (QED) is 0.506. The van der Waals surface area contributed by atoms with E-state index in [1.807, 2.05) is 0 Å². The summed E-state index contributed by atoms with van der Waals surface area (Å²) in [4.78, 5) is -0.0930. The number of hydrogen-bond acceptors (Lipinski definition) is 4. The van der Waals surface area contributed by atoms with Crippen LogP contribution in [0.1, 0.15) is 6.92 Å². The van der Waals surface area contributed by atoms with Gasteiger partial charge in [0.25, 0.3) is 0 Å². The normalized spacial score (nSPS) is 14.1. The number of benzene rings is 1. The summed E-state index contributed by atoms with van der Waals surface area (Å²) in [6.45, 7) is 1.48. The van der Waals surface area contributed by atoms with Crippen LogP contribution in [0.25, 0.3) is 11.0 Å². The van der Waals surface area contributed by atoms with Crippen molar-refractivity contribution >= 4 is 47.6 Å². The van der Waals surface area contributed by atoms with Gasteiger partial charge in [0.1, 0.15) is 0 Å². The molecule has 0 saturated heterocycles. The standard InChI is InChI=1S/C8H7ClFN3O2SSe/c1-4(9)11-16(14,15)6-3-2-5(10)7-8(6)13-17-12-7/h2-4,11H,1H3. The van der Waals surface area contributed by atoms with E-state index in [-0.39, 0.29) is 15.9 Å². The maximum atomic E-state index is 13.3. The Kier molecular flexibility index (Phi) is 3.51. The molecule has 0 spiro atoms. The molecule has 1 heterocycles. The first-order valence-electron chi connectivity index (χ1n) is 4.49. The second-order valence-corrected chi connectivity index (χ2v) is 6.69. The Morgan fingerprint density at radius 2 is 2.06 bits per heavy atom. The number of fused-ring (bicyclic) bond motifs is 1. The van der Waals surface area contributed by atoms with Gasteiger partial charge in [0.05, 0.1) is 0 Å². The van der Waals surface area contributed by atoms with Gasteiger partial charge in [-0.15, -0.1) is 0 Å². The van der Waals surface area contributed by atoms with Crippen molar-refractivity contribution in [3.8, 4) is 0 Å². The molecule has 0 aliphatic rings. The molecule has 0 aliphatic heterocycles. The van der Waals surface area contributed by atoms with E-state index in [2.05, 4.69) is 12.7 Å². The van der Waals surface area contributed by atoms with Crippen molar-refractivity contribution < 1.29 is 12.8 Å². The fourth-order valence-corrected chi connectivity index (χ4v) is 4.17. The van der Waals surface area contributed by atoms with Crippen molar-refractivity contribution in [2.45, 2.75) is 17.3 Å². The van der Waals surface area contributed by atoms with Crippen LogP contribution in [0, 0.1) is 5.82 Å². The average molecular weight is 343 g/mol. The first-order valence-corrected chi connectivity index (χ1v) is 7.94. The minimum absolute atomic E-state index is 0.00935. The summed E-state index contributed by atoms with van der Waals surface area (Å²) in [6.07, 6.45) is 0. The second-order valence-electron chi connectivity index (χ2n) is 3.24. The van der Waals surface area contributed by atoms with Crippen LogP contribution in [0.5, 0.6) is 0 Å². The predicted octanol–water partition coefficient (Wildman–Crippen LogP) is 0.689. The molecule has 1 unspecified atom stereocenters. The molecule has 2 rings (SSSR count). The van der Waals surface area contributed by atoms with E-state index in [0.717, 1.165) is 12.1 Å². The van der Waals surface area contributed by atoms with Crippen LogP contribution in [-0.2, 0) is 10.0 Å². The van der Waals surface area contributed by atoms with E-state index in [1.54, 1.807) is 0 Å². The number of sulfonamides is 1. The summed E-state index contributed by atoms with van der Waals surface area (Å²) in [5.41, 5.74) is -0.672. The van der Waals surface area contributed by atoms with E-state index < -0.39 is 36.3 Å². The molecule has 5 nitrogen and oxygen atoms in total. The molecule has 0 radical (unpaired) electrons. The molecule has 1 N–H and O–H groups in total. The Balaban J connectivity index is 2.64. The predicted molar refractivity (Wildman–Crippen MR) is 62.1 cm³/mol. The zero-order valence-corrected chi connectivity index (χ0v) is 11.8. The number of alkyl halides is 1. The molecule has 1 atom stereocenters. The van der Waals surface area contributed by atoms with Crippen LogP contribution in [0.4, 0.5) is 4.39 Å². The van der Waals surface area contributed by atoms with Crippen LogP contribution in [0.15, 0.2) is 17.0 Å². The number of nitrogens with one attached hydrogen (secondary N) is 1. The Hall–Kier alpha value is -0.531. The van der Waals surface area contributed by atoms with Gasteiger partial charge in [0.15, 0.2) is 0 Å². The van der Waals surface area contributed by atoms with Gasteiger partial charge in [-0.3, -0.25) is 0 Å². The van der Waals surface area contributed by atoms with Crippen LogP contribution >= 0.6 is 11.6 Å². The van der Waals surface area contributed by atoms with E-state index in [0.29, 0.717) is 0 Å². The van der Waals surface area contributed by atoms with Gasteiger partial charge in [-0.2, -0.15) is 0 Å². The third-order valence-corrected chi connectivity index (χ3v) is 4.86. The average Bonchev–Trinajstić information content (AvgIpc) is 2.64. The van der Waals surface area contributed by atoms with Crippen molar-refractivity contribution in [2.24, 2.45) is 0 Å². The summed E-state index contributed by atoms with van der Waals surface area (Å²) in [6, 6.07) is 2.23. The van der Waals surface area contributed by atoms with E-state index in [4.69, 9.17) is 11.6 Å². The van der Waals surface area contributed by atoms with Crippen molar-refractivity contribution in [1.82, 2.24) is 12.7 Å². The van der Waals surface area contributed by atoms with Gasteiger partial charge < -0.3 is 0 Å². The summed E-state index contributed by atoms with van der Waals surface area (Å²) >= 11 is 5.08. The van der Waals surface area contributed by atoms with Gasteiger partial charge >= 0.3 is 108 Å². The third kappa shape index (κ3) is 2.51. The Morgan fingerprint density at radius 1 is 1.41 bits per heavy atom. The van der Waals surface area contributed by atoms with Crippen LogP contribution in [0.2, 0.25) is 0 Å². The molecule has 2 aromatic rings. The van der Waals surface area contributed by atoms with Crippen LogP contribution in [0.3, 0.4) is 0 Å². The molecule has 9 heteroatoms. The fourth-order valence-electron chi connectivity index (χ4n) is 1.31. The van der Waals surface area contributed by atoms with Gasteiger partial charge in [0, 0.05) is 0 Å². The zero-order valence-electron chi connectivity index (χ0n) is 8.52. The fraction of sp³-hybridized carbons (Fsp3) is 0.250. The molecule has 17 heavy (non-hydrogen) atoms. The molecular formula is C8H7ClFN3O2SSe. The molecule has 0 amide bonds. The minimum atomic E-state index is -3.79. The molecule has 0 aliphatic carbocycles. The molecule has 92 valence electrons. The molecular weight excluding hydrogens is 336 g/mol. The van der Waals surface area contributed by atoms with E-state index in [1.165, 1.54) is 6.92 Å². The molecule has 0 saturated carbocycles. The number of hydrogen-bond donors (Lipinski definition) is 1. The maximum absolute atomic E-state index is 13.3. The monoisotopic (exact) mass is 343 g/mol. The van der Waals surface area contributed by atoms with E-state index in [9.17, 15) is 12.8 Å². The summed E-state index contributed by atoms with van der Waals surface area (Å²) in [5, 5.41) is 0. The number of aromatic nitrogens is 2. The number of nitrogens with zero attached hydrogens (tertiary/aromatic N) is 2. The van der Waals surface area contributed by atoms with Gasteiger partial charge in [-0.1, -0.05) is 0 Å². The van der Waals surface area contributed by atoms with Crippen molar-refractivity contribution in [3.05, 3.63) is 17.9 Å². The summed E-state index contributed by atoms with van der Waals surface area (Å²) in [5.74, 6) is -0.569. The summed E-state index contributed by atoms with van der Waals surface area (Å²) in [7, 11) is -3.79. The van der Waals surface area contributed by atoms with E-state index >= 15 is 0 Å². The van der Waals surface area contributed by atoms with Crippen LogP contribution in [-0.4, -0.2) is 36.8 Å². The Labute approximate surface area is 108 Å². The second kappa shape index (κ2) is 4.62. The first-order chi connectivity index (χ1) is 7.92. The first kappa shape index (κ1) is 12.9. The number of rotatable bonds is 3. The SMILES string of the molecule is CC(Cl)NS(=O)(=O)c1ccc(F)c2n[se]nc12.